The third-order valence-corrected chi connectivity index (χ3v) is 3.99. The first kappa shape index (κ1) is 17.6. The van der Waals surface area contributed by atoms with Crippen LogP contribution in [-0.2, 0) is 22.8 Å². The van der Waals surface area contributed by atoms with E-state index in [0.717, 1.165) is 10.6 Å². The van der Waals surface area contributed by atoms with E-state index >= 15 is 0 Å². The first-order chi connectivity index (χ1) is 12.6. The van der Waals surface area contributed by atoms with Gasteiger partial charge in [0.25, 0.3) is 0 Å². The first-order valence-corrected chi connectivity index (χ1v) is 8.00. The topological polar surface area (TPSA) is 83.0 Å². The Balaban J connectivity index is 1.95. The summed E-state index contributed by atoms with van der Waals surface area (Å²) in [7, 11) is 2.98. The normalized spacial score (nSPS) is 10.8. The summed E-state index contributed by atoms with van der Waals surface area (Å²) >= 11 is 0. The van der Waals surface area contributed by atoms with E-state index < -0.39 is 0 Å². The van der Waals surface area contributed by atoms with Crippen molar-refractivity contribution in [1.29, 1.82) is 5.26 Å². The number of imidazole rings is 1. The molecule has 2 aromatic carbocycles. The van der Waals surface area contributed by atoms with Gasteiger partial charge in [-0.1, -0.05) is 18.2 Å². The average Bonchev–Trinajstić information content (AvgIpc) is 3.02. The molecular formula is C19H18N4O3+. The zero-order valence-corrected chi connectivity index (χ0v) is 14.5. The summed E-state index contributed by atoms with van der Waals surface area (Å²) in [6.45, 7) is 0.255. The van der Waals surface area contributed by atoms with Crippen molar-refractivity contribution in [3.8, 4) is 11.8 Å². The highest BCUT2D eigenvalue weighted by Crippen LogP contribution is 2.20. The molecule has 3 aromatic rings. The number of fused-ring (bicyclic) bond motifs is 1. The van der Waals surface area contributed by atoms with Crippen LogP contribution in [0.3, 0.4) is 0 Å². The molecule has 0 aliphatic rings. The van der Waals surface area contributed by atoms with E-state index in [1.54, 1.807) is 29.8 Å². The SMILES string of the molecule is CO[N+](C)C(=O)Cn1c(COc2ccccc2)nc2cc(C#N)ccc21. The number of benzene rings is 2. The third kappa shape index (κ3) is 3.72. The van der Waals surface area contributed by atoms with E-state index in [1.165, 1.54) is 7.11 Å². The Bertz CT molecular complexity index is 960. The third-order valence-electron chi connectivity index (χ3n) is 3.99. The van der Waals surface area contributed by atoms with Crippen LogP contribution in [-0.4, -0.2) is 29.6 Å². The Morgan fingerprint density at radius 1 is 1.27 bits per heavy atom. The number of likely N-dealkylation sites (N-methyl/N-ethyl adjacent to an activating group) is 1. The Labute approximate surface area is 150 Å². The Morgan fingerprint density at radius 2 is 2.04 bits per heavy atom. The minimum atomic E-state index is -0.225. The fourth-order valence-electron chi connectivity index (χ4n) is 2.54. The predicted molar refractivity (Wildman–Crippen MR) is 95.3 cm³/mol. The fourth-order valence-corrected chi connectivity index (χ4v) is 2.54. The maximum absolute atomic E-state index is 12.3. The largest absolute Gasteiger partial charge is 0.486 e. The van der Waals surface area contributed by atoms with Gasteiger partial charge < -0.3 is 9.30 Å². The lowest BCUT2D eigenvalue weighted by atomic mass is 10.2. The predicted octanol–water partition coefficient (Wildman–Crippen LogP) is 2.34. The molecule has 1 radical (unpaired) electrons. The Kier molecular flexibility index (Phi) is 5.27. The lowest BCUT2D eigenvalue weighted by molar-refractivity contribution is -0.145. The monoisotopic (exact) mass is 350 g/mol. The number of aromatic nitrogens is 2. The fraction of sp³-hybridized carbons (Fsp3) is 0.211. The number of hydroxylamine groups is 2. The molecule has 0 saturated carbocycles. The van der Waals surface area contributed by atoms with Gasteiger partial charge in [0.2, 0.25) is 0 Å². The quantitative estimate of drug-likeness (QED) is 0.503. The Morgan fingerprint density at radius 3 is 2.73 bits per heavy atom. The number of para-hydroxylation sites is 1. The van der Waals surface area contributed by atoms with Crippen LogP contribution in [0.2, 0.25) is 0 Å². The summed E-state index contributed by atoms with van der Waals surface area (Å²) in [6.07, 6.45) is 0. The molecule has 1 amide bonds. The van der Waals surface area contributed by atoms with Crippen LogP contribution in [0.5, 0.6) is 5.75 Å². The summed E-state index contributed by atoms with van der Waals surface area (Å²) in [4.78, 5) is 21.8. The van der Waals surface area contributed by atoms with Gasteiger partial charge in [0.05, 0.1) is 27.7 Å². The van der Waals surface area contributed by atoms with E-state index in [2.05, 4.69) is 11.1 Å². The Hall–Kier alpha value is -3.21. The molecule has 0 atom stereocenters. The standard InChI is InChI=1S/C19H18N4O3/c1-22(25-2)19(24)12-23-17-9-8-14(11-20)10-16(17)21-18(23)13-26-15-6-4-3-5-7-15/h3-10H,12-13H2,1-2H3/q+1. The average molecular weight is 350 g/mol. The summed E-state index contributed by atoms with van der Waals surface area (Å²) in [5.74, 6) is 1.08. The van der Waals surface area contributed by atoms with Gasteiger partial charge in [0.1, 0.15) is 31.8 Å². The van der Waals surface area contributed by atoms with Crippen LogP contribution < -0.4 is 9.80 Å². The molecule has 3 rings (SSSR count). The zero-order chi connectivity index (χ0) is 18.5. The lowest BCUT2D eigenvalue weighted by Crippen LogP contribution is -2.34. The molecule has 0 spiro atoms. The van der Waals surface area contributed by atoms with Crippen molar-refractivity contribution in [1.82, 2.24) is 14.6 Å². The minimum absolute atomic E-state index is 0.0558. The molecule has 0 saturated heterocycles. The highest BCUT2D eigenvalue weighted by Gasteiger charge is 2.25. The molecule has 7 nitrogen and oxygen atoms in total. The van der Waals surface area contributed by atoms with Gasteiger partial charge in [-0.05, 0) is 30.3 Å². The number of nitriles is 1. The number of carbonyl (C=O) groups is 1. The van der Waals surface area contributed by atoms with Crippen molar-refractivity contribution in [2.24, 2.45) is 0 Å². The van der Waals surface area contributed by atoms with Crippen LogP contribution >= 0.6 is 0 Å². The number of hydrogen-bond acceptors (Lipinski definition) is 5. The van der Waals surface area contributed by atoms with Crippen LogP contribution in [0.15, 0.2) is 48.5 Å². The van der Waals surface area contributed by atoms with Gasteiger partial charge in [0, 0.05) is 0 Å². The van der Waals surface area contributed by atoms with Crippen molar-refractivity contribution in [2.75, 3.05) is 14.2 Å². The molecule has 131 valence electrons. The number of amides is 1. The van der Waals surface area contributed by atoms with Gasteiger partial charge in [0.15, 0.2) is 7.05 Å². The molecule has 0 aliphatic heterocycles. The van der Waals surface area contributed by atoms with E-state index in [1.807, 2.05) is 30.3 Å². The van der Waals surface area contributed by atoms with Gasteiger partial charge in [-0.3, -0.25) is 0 Å². The first-order valence-electron chi connectivity index (χ1n) is 8.00. The second-order valence-electron chi connectivity index (χ2n) is 5.60. The summed E-state index contributed by atoms with van der Waals surface area (Å²) < 4.78 is 7.56. The molecule has 0 bridgehead atoms. The molecule has 0 fully saturated rings. The lowest BCUT2D eigenvalue weighted by Gasteiger charge is -2.09. The summed E-state index contributed by atoms with van der Waals surface area (Å²) in [6, 6.07) is 16.7. The van der Waals surface area contributed by atoms with Crippen LogP contribution in [0.1, 0.15) is 11.4 Å². The number of hydrogen-bond donors (Lipinski definition) is 0. The van der Waals surface area contributed by atoms with Crippen molar-refractivity contribution in [3.05, 3.63) is 59.9 Å². The van der Waals surface area contributed by atoms with Crippen LogP contribution in [0, 0.1) is 11.3 Å². The molecule has 0 N–H and O–H groups in total. The number of carbonyl (C=O) groups excluding carboxylic acids is 1. The van der Waals surface area contributed by atoms with E-state index in [4.69, 9.17) is 14.8 Å². The van der Waals surface area contributed by atoms with E-state index in [0.29, 0.717) is 22.7 Å². The summed E-state index contributed by atoms with van der Waals surface area (Å²) in [5.41, 5.74) is 1.91. The molecule has 26 heavy (non-hydrogen) atoms. The summed E-state index contributed by atoms with van der Waals surface area (Å²) in [5, 5.41) is 10.3. The molecule has 0 aliphatic carbocycles. The number of rotatable bonds is 6. The maximum Gasteiger partial charge on any atom is 0.417 e. The highest BCUT2D eigenvalue weighted by molar-refractivity contribution is 5.82. The van der Waals surface area contributed by atoms with Gasteiger partial charge in [-0.15, -0.1) is 4.84 Å². The van der Waals surface area contributed by atoms with Crippen molar-refractivity contribution >= 4 is 16.9 Å². The number of ether oxygens (including phenoxy) is 1. The van der Waals surface area contributed by atoms with Crippen molar-refractivity contribution < 1.29 is 14.4 Å². The molecule has 7 heteroatoms. The van der Waals surface area contributed by atoms with E-state index in [-0.39, 0.29) is 19.1 Å². The second-order valence-corrected chi connectivity index (χ2v) is 5.60. The molecular weight excluding hydrogens is 332 g/mol. The zero-order valence-electron chi connectivity index (χ0n) is 14.5. The maximum atomic E-state index is 12.3. The van der Waals surface area contributed by atoms with Crippen molar-refractivity contribution in [3.63, 3.8) is 0 Å². The van der Waals surface area contributed by atoms with Gasteiger partial charge >= 0.3 is 5.91 Å². The van der Waals surface area contributed by atoms with Gasteiger partial charge in [-0.25, -0.2) is 9.78 Å². The smallest absolute Gasteiger partial charge is 0.417 e. The molecule has 1 aromatic heterocycles. The highest BCUT2D eigenvalue weighted by atomic mass is 16.7. The molecule has 1 heterocycles. The van der Waals surface area contributed by atoms with Crippen LogP contribution in [0.25, 0.3) is 11.0 Å². The second kappa shape index (κ2) is 7.78. The van der Waals surface area contributed by atoms with Gasteiger partial charge in [-0.2, -0.15) is 5.26 Å². The van der Waals surface area contributed by atoms with Crippen molar-refractivity contribution in [2.45, 2.75) is 13.2 Å². The molecule has 0 unspecified atom stereocenters. The minimum Gasteiger partial charge on any atom is -0.486 e. The van der Waals surface area contributed by atoms with Crippen LogP contribution in [0.4, 0.5) is 0 Å². The van der Waals surface area contributed by atoms with E-state index in [9.17, 15) is 4.79 Å². The number of nitrogens with zero attached hydrogens (tertiary/aromatic N) is 4.